The number of amides is 1. The van der Waals surface area contributed by atoms with Crippen molar-refractivity contribution in [3.63, 3.8) is 0 Å². The third-order valence-corrected chi connectivity index (χ3v) is 2.67. The van der Waals surface area contributed by atoms with E-state index in [1.54, 1.807) is 56.4 Å². The van der Waals surface area contributed by atoms with Gasteiger partial charge < -0.3 is 19.4 Å². The number of rotatable bonds is 4. The van der Waals surface area contributed by atoms with Gasteiger partial charge in [-0.05, 0) is 12.1 Å². The van der Waals surface area contributed by atoms with Gasteiger partial charge in [-0.15, -0.1) is 0 Å². The molecule has 100 valence electrons. The lowest BCUT2D eigenvalue weighted by molar-refractivity contribution is 0.101. The minimum absolute atomic E-state index is 0.278. The van der Waals surface area contributed by atoms with Gasteiger partial charge in [0.25, 0.3) is 5.91 Å². The molecule has 1 N–H and O–H groups in total. The number of anilines is 1. The molecule has 0 saturated heterocycles. The van der Waals surface area contributed by atoms with Crippen LogP contribution in [0.1, 0.15) is 10.6 Å². The van der Waals surface area contributed by atoms with Crippen molar-refractivity contribution in [2.75, 3.05) is 19.5 Å². The molecule has 0 aliphatic carbocycles. The maximum atomic E-state index is 12.0. The van der Waals surface area contributed by atoms with Crippen LogP contribution in [0.15, 0.2) is 30.6 Å². The molecule has 0 fully saturated rings. The van der Waals surface area contributed by atoms with Crippen LogP contribution in [0.4, 0.5) is 5.69 Å². The summed E-state index contributed by atoms with van der Waals surface area (Å²) in [6, 6.07) is 5.16. The van der Waals surface area contributed by atoms with Gasteiger partial charge in [-0.2, -0.15) is 0 Å². The average Bonchev–Trinajstić information content (AvgIpc) is 2.85. The Morgan fingerprint density at radius 1 is 1.26 bits per heavy atom. The lowest BCUT2D eigenvalue weighted by Crippen LogP contribution is -2.16. The Morgan fingerprint density at radius 3 is 2.58 bits per heavy atom. The molecule has 2 rings (SSSR count). The van der Waals surface area contributed by atoms with E-state index in [2.05, 4.69) is 10.3 Å². The Hall–Kier alpha value is -2.50. The normalized spacial score (nSPS) is 10.1. The van der Waals surface area contributed by atoms with Gasteiger partial charge in [0.2, 0.25) is 0 Å². The molecule has 0 unspecified atom stereocenters. The fourth-order valence-corrected chi connectivity index (χ4v) is 1.69. The number of nitrogens with zero attached hydrogens (tertiary/aromatic N) is 2. The van der Waals surface area contributed by atoms with Crippen molar-refractivity contribution in [2.24, 2.45) is 7.05 Å². The largest absolute Gasteiger partial charge is 0.493 e. The van der Waals surface area contributed by atoms with Crippen molar-refractivity contribution >= 4 is 11.6 Å². The Labute approximate surface area is 111 Å². The molecule has 19 heavy (non-hydrogen) atoms. The van der Waals surface area contributed by atoms with Crippen LogP contribution < -0.4 is 14.8 Å². The number of aryl methyl sites for hydroxylation is 1. The second-order valence-electron chi connectivity index (χ2n) is 3.89. The first-order valence-corrected chi connectivity index (χ1v) is 5.66. The van der Waals surface area contributed by atoms with Crippen molar-refractivity contribution in [3.05, 3.63) is 36.4 Å². The highest BCUT2D eigenvalue weighted by atomic mass is 16.5. The fraction of sp³-hybridized carbons (Fsp3) is 0.231. The molecule has 6 nitrogen and oxygen atoms in total. The van der Waals surface area contributed by atoms with Gasteiger partial charge in [-0.25, -0.2) is 4.98 Å². The van der Waals surface area contributed by atoms with E-state index < -0.39 is 0 Å². The zero-order valence-electron chi connectivity index (χ0n) is 11.0. The van der Waals surface area contributed by atoms with Crippen molar-refractivity contribution in [1.82, 2.24) is 9.55 Å². The molecule has 0 atom stereocenters. The number of carbonyl (C=O) groups is 1. The van der Waals surface area contributed by atoms with Crippen LogP contribution in [0.2, 0.25) is 0 Å². The van der Waals surface area contributed by atoms with E-state index >= 15 is 0 Å². The van der Waals surface area contributed by atoms with E-state index in [-0.39, 0.29) is 5.91 Å². The highest BCUT2D eigenvalue weighted by Crippen LogP contribution is 2.29. The van der Waals surface area contributed by atoms with E-state index in [1.807, 2.05) is 0 Å². The average molecular weight is 261 g/mol. The molecule has 0 spiro atoms. The molecule has 1 heterocycles. The zero-order chi connectivity index (χ0) is 13.8. The summed E-state index contributed by atoms with van der Waals surface area (Å²) in [5.74, 6) is 1.23. The van der Waals surface area contributed by atoms with Crippen molar-refractivity contribution in [1.29, 1.82) is 0 Å². The van der Waals surface area contributed by atoms with Gasteiger partial charge in [0.15, 0.2) is 17.3 Å². The number of benzene rings is 1. The maximum absolute atomic E-state index is 12.0. The summed E-state index contributed by atoms with van der Waals surface area (Å²) >= 11 is 0. The third-order valence-electron chi connectivity index (χ3n) is 2.67. The van der Waals surface area contributed by atoms with Crippen LogP contribution in [0.3, 0.4) is 0 Å². The molecule has 6 heteroatoms. The highest BCUT2D eigenvalue weighted by Gasteiger charge is 2.12. The van der Waals surface area contributed by atoms with E-state index in [0.717, 1.165) is 0 Å². The predicted octanol–water partition coefficient (Wildman–Crippen LogP) is 1.69. The number of ether oxygens (including phenoxy) is 2. The second-order valence-corrected chi connectivity index (χ2v) is 3.89. The molecule has 0 radical (unpaired) electrons. The van der Waals surface area contributed by atoms with Crippen LogP contribution in [-0.2, 0) is 7.05 Å². The van der Waals surface area contributed by atoms with Crippen LogP contribution in [0, 0.1) is 0 Å². The van der Waals surface area contributed by atoms with E-state index in [1.165, 1.54) is 0 Å². The number of hydrogen-bond donors (Lipinski definition) is 1. The minimum Gasteiger partial charge on any atom is -0.493 e. The van der Waals surface area contributed by atoms with Gasteiger partial charge in [-0.1, -0.05) is 0 Å². The molecule has 2 aromatic rings. The number of carbonyl (C=O) groups excluding carboxylic acids is 1. The first kappa shape index (κ1) is 12.9. The maximum Gasteiger partial charge on any atom is 0.291 e. The van der Waals surface area contributed by atoms with E-state index in [0.29, 0.717) is 23.0 Å². The van der Waals surface area contributed by atoms with Gasteiger partial charge >= 0.3 is 0 Å². The minimum atomic E-state index is -0.278. The van der Waals surface area contributed by atoms with Crippen LogP contribution >= 0.6 is 0 Å². The van der Waals surface area contributed by atoms with Crippen molar-refractivity contribution in [3.8, 4) is 11.5 Å². The quantitative estimate of drug-likeness (QED) is 0.909. The van der Waals surface area contributed by atoms with Crippen molar-refractivity contribution in [2.45, 2.75) is 0 Å². The molecular weight excluding hydrogens is 246 g/mol. The summed E-state index contributed by atoms with van der Waals surface area (Å²) in [6.45, 7) is 0. The highest BCUT2D eigenvalue weighted by molar-refractivity contribution is 6.01. The van der Waals surface area contributed by atoms with Gasteiger partial charge in [0.1, 0.15) is 0 Å². The van der Waals surface area contributed by atoms with Crippen molar-refractivity contribution < 1.29 is 14.3 Å². The molecule has 1 amide bonds. The molecule has 1 aromatic carbocycles. The molecule has 0 aliphatic rings. The summed E-state index contributed by atoms with van der Waals surface area (Å²) in [5.41, 5.74) is 0.616. The lowest BCUT2D eigenvalue weighted by atomic mass is 10.2. The summed E-state index contributed by atoms with van der Waals surface area (Å²) in [7, 11) is 4.86. The fourth-order valence-electron chi connectivity index (χ4n) is 1.69. The first-order chi connectivity index (χ1) is 9.15. The third kappa shape index (κ3) is 2.67. The van der Waals surface area contributed by atoms with Gasteiger partial charge in [0.05, 0.1) is 14.2 Å². The van der Waals surface area contributed by atoms with E-state index in [4.69, 9.17) is 9.47 Å². The summed E-state index contributed by atoms with van der Waals surface area (Å²) < 4.78 is 12.0. The Balaban J connectivity index is 2.20. The summed E-state index contributed by atoms with van der Waals surface area (Å²) in [5, 5.41) is 2.75. The van der Waals surface area contributed by atoms with Crippen LogP contribution in [0.5, 0.6) is 11.5 Å². The molecule has 0 bridgehead atoms. The Bertz CT molecular complexity index is 593. The van der Waals surface area contributed by atoms with Gasteiger partial charge in [-0.3, -0.25) is 4.79 Å². The topological polar surface area (TPSA) is 65.4 Å². The zero-order valence-corrected chi connectivity index (χ0v) is 11.0. The molecule has 0 aliphatic heterocycles. The summed E-state index contributed by atoms with van der Waals surface area (Å²) in [6.07, 6.45) is 3.28. The standard InChI is InChI=1S/C13H15N3O3/c1-16-7-6-14-12(16)13(17)15-9-4-5-10(18-2)11(8-9)19-3/h4-8H,1-3H3,(H,15,17). The number of aromatic nitrogens is 2. The molecule has 1 aromatic heterocycles. The number of nitrogens with one attached hydrogen (secondary N) is 1. The SMILES string of the molecule is COc1ccc(NC(=O)c2nccn2C)cc1OC. The van der Waals surface area contributed by atoms with Crippen LogP contribution in [0.25, 0.3) is 0 Å². The predicted molar refractivity (Wildman–Crippen MR) is 70.7 cm³/mol. The number of methoxy groups -OCH3 is 2. The smallest absolute Gasteiger partial charge is 0.291 e. The summed E-state index contributed by atoms with van der Waals surface area (Å²) in [4.78, 5) is 16.0. The van der Waals surface area contributed by atoms with E-state index in [9.17, 15) is 4.79 Å². The second kappa shape index (κ2) is 5.43. The first-order valence-electron chi connectivity index (χ1n) is 5.66. The number of imidazole rings is 1. The monoisotopic (exact) mass is 261 g/mol. The molecule has 0 saturated carbocycles. The Kier molecular flexibility index (Phi) is 3.70. The lowest BCUT2D eigenvalue weighted by Gasteiger charge is -2.10. The van der Waals surface area contributed by atoms with Gasteiger partial charge in [0, 0.05) is 31.2 Å². The van der Waals surface area contributed by atoms with Crippen LogP contribution in [-0.4, -0.2) is 29.7 Å². The Morgan fingerprint density at radius 2 is 2.00 bits per heavy atom. The molecular formula is C13H15N3O3. The number of hydrogen-bond acceptors (Lipinski definition) is 4.